The molecular formula is C13H25. The van der Waals surface area contributed by atoms with E-state index in [2.05, 4.69) is 34.1 Å². The lowest BCUT2D eigenvalue weighted by atomic mass is 9.69. The number of rotatable bonds is 3. The van der Waals surface area contributed by atoms with E-state index in [1.807, 2.05) is 0 Å². The van der Waals surface area contributed by atoms with Crippen LogP contribution in [0.4, 0.5) is 0 Å². The maximum atomic E-state index is 2.56. The molecule has 1 radical (unpaired) electrons. The Bertz CT molecular complexity index is 137. The van der Waals surface area contributed by atoms with Gasteiger partial charge in [0, 0.05) is 0 Å². The minimum absolute atomic E-state index is 0.875. The average molecular weight is 181 g/mol. The summed E-state index contributed by atoms with van der Waals surface area (Å²) in [6, 6.07) is 0. The highest BCUT2D eigenvalue weighted by Crippen LogP contribution is 2.39. The predicted molar refractivity (Wildman–Crippen MR) is 59.4 cm³/mol. The molecule has 0 heterocycles. The topological polar surface area (TPSA) is 0 Å². The molecule has 3 atom stereocenters. The fourth-order valence-corrected chi connectivity index (χ4v) is 2.85. The van der Waals surface area contributed by atoms with Gasteiger partial charge in [0.1, 0.15) is 0 Å². The minimum atomic E-state index is 0.875. The third-order valence-corrected chi connectivity index (χ3v) is 3.61. The molecule has 1 saturated carbocycles. The van der Waals surface area contributed by atoms with Crippen LogP contribution in [0.15, 0.2) is 0 Å². The Morgan fingerprint density at radius 2 is 2.00 bits per heavy atom. The lowest BCUT2D eigenvalue weighted by Crippen LogP contribution is -2.27. The molecule has 0 aromatic heterocycles. The molecule has 3 unspecified atom stereocenters. The van der Waals surface area contributed by atoms with Crippen LogP contribution in [-0.2, 0) is 0 Å². The lowest BCUT2D eigenvalue weighted by molar-refractivity contribution is 0.165. The van der Waals surface area contributed by atoms with Crippen LogP contribution in [-0.4, -0.2) is 0 Å². The summed E-state index contributed by atoms with van der Waals surface area (Å²) in [7, 11) is 0. The van der Waals surface area contributed by atoms with Gasteiger partial charge in [-0.3, -0.25) is 0 Å². The van der Waals surface area contributed by atoms with E-state index < -0.39 is 0 Å². The fraction of sp³-hybridized carbons (Fsp3) is 0.923. The van der Waals surface area contributed by atoms with Gasteiger partial charge in [-0.2, -0.15) is 0 Å². The van der Waals surface area contributed by atoms with E-state index in [9.17, 15) is 0 Å². The molecular weight excluding hydrogens is 156 g/mol. The van der Waals surface area contributed by atoms with Crippen molar-refractivity contribution in [3.8, 4) is 0 Å². The van der Waals surface area contributed by atoms with Crippen molar-refractivity contribution < 1.29 is 0 Å². The number of hydrogen-bond donors (Lipinski definition) is 0. The molecule has 0 heteroatoms. The Labute approximate surface area is 84.1 Å². The summed E-state index contributed by atoms with van der Waals surface area (Å²) in [4.78, 5) is 0. The van der Waals surface area contributed by atoms with Gasteiger partial charge in [-0.05, 0) is 42.9 Å². The zero-order valence-corrected chi connectivity index (χ0v) is 9.72. The highest BCUT2D eigenvalue weighted by atomic mass is 14.3. The van der Waals surface area contributed by atoms with E-state index in [0.29, 0.717) is 0 Å². The molecule has 0 saturated heterocycles. The molecule has 0 amide bonds. The van der Waals surface area contributed by atoms with Gasteiger partial charge >= 0.3 is 0 Å². The second-order valence-electron chi connectivity index (χ2n) is 5.13. The molecule has 0 spiro atoms. The first kappa shape index (κ1) is 11.1. The van der Waals surface area contributed by atoms with Gasteiger partial charge in [-0.25, -0.2) is 0 Å². The van der Waals surface area contributed by atoms with Crippen molar-refractivity contribution in [2.75, 3.05) is 0 Å². The Morgan fingerprint density at radius 1 is 1.31 bits per heavy atom. The van der Waals surface area contributed by atoms with Crippen molar-refractivity contribution >= 4 is 0 Å². The van der Waals surface area contributed by atoms with Crippen LogP contribution in [0.3, 0.4) is 0 Å². The molecule has 1 aliphatic carbocycles. The highest BCUT2D eigenvalue weighted by molar-refractivity contribution is 4.88. The summed E-state index contributed by atoms with van der Waals surface area (Å²) in [6.07, 6.45) is 8.16. The van der Waals surface area contributed by atoms with E-state index in [4.69, 9.17) is 0 Å². The van der Waals surface area contributed by atoms with Crippen molar-refractivity contribution in [2.24, 2.45) is 23.7 Å². The molecule has 0 N–H and O–H groups in total. The second kappa shape index (κ2) is 5.02. The zero-order chi connectivity index (χ0) is 9.84. The predicted octanol–water partition coefficient (Wildman–Crippen LogP) is 4.31. The molecule has 1 rings (SSSR count). The molecule has 0 aliphatic heterocycles. The van der Waals surface area contributed by atoms with Crippen LogP contribution in [0, 0.1) is 30.1 Å². The summed E-state index contributed by atoms with van der Waals surface area (Å²) in [6.45, 7) is 9.46. The van der Waals surface area contributed by atoms with E-state index in [-0.39, 0.29) is 0 Å². The Hall–Kier alpha value is 0. The second-order valence-corrected chi connectivity index (χ2v) is 5.13. The maximum Gasteiger partial charge on any atom is -0.0350 e. The van der Waals surface area contributed by atoms with Crippen LogP contribution in [0.5, 0.6) is 0 Å². The monoisotopic (exact) mass is 181 g/mol. The van der Waals surface area contributed by atoms with Gasteiger partial charge in [0.2, 0.25) is 0 Å². The van der Waals surface area contributed by atoms with Crippen molar-refractivity contribution in [1.82, 2.24) is 0 Å². The van der Waals surface area contributed by atoms with Crippen LogP contribution in [0.25, 0.3) is 0 Å². The molecule has 0 aromatic carbocycles. The van der Waals surface area contributed by atoms with E-state index >= 15 is 0 Å². The van der Waals surface area contributed by atoms with Crippen molar-refractivity contribution in [2.45, 2.75) is 53.4 Å². The summed E-state index contributed by atoms with van der Waals surface area (Å²) in [5, 5.41) is 0. The lowest BCUT2D eigenvalue weighted by Gasteiger charge is -2.37. The first-order valence-corrected chi connectivity index (χ1v) is 5.98. The van der Waals surface area contributed by atoms with Crippen LogP contribution in [0.1, 0.15) is 53.4 Å². The van der Waals surface area contributed by atoms with Gasteiger partial charge in [0.05, 0.1) is 0 Å². The minimum Gasteiger partial charge on any atom is -0.0651 e. The van der Waals surface area contributed by atoms with Crippen molar-refractivity contribution in [3.63, 3.8) is 0 Å². The Balaban J connectivity index is 2.50. The standard InChI is InChI=1S/C13H25/c1-5-6-12-9-11(4)7-8-13(12)10(2)3/h6,10-13H,5,7-9H2,1-4H3. The zero-order valence-electron chi connectivity index (χ0n) is 9.72. The summed E-state index contributed by atoms with van der Waals surface area (Å²) in [5.74, 6) is 3.72. The summed E-state index contributed by atoms with van der Waals surface area (Å²) < 4.78 is 0. The quantitative estimate of drug-likeness (QED) is 0.608. The van der Waals surface area contributed by atoms with Gasteiger partial charge in [-0.1, -0.05) is 40.5 Å². The highest BCUT2D eigenvalue weighted by Gasteiger charge is 2.29. The third kappa shape index (κ3) is 3.00. The van der Waals surface area contributed by atoms with Gasteiger partial charge < -0.3 is 0 Å². The fourth-order valence-electron chi connectivity index (χ4n) is 2.85. The molecule has 13 heavy (non-hydrogen) atoms. The Morgan fingerprint density at radius 3 is 2.54 bits per heavy atom. The molecule has 77 valence electrons. The van der Waals surface area contributed by atoms with Gasteiger partial charge in [-0.15, -0.1) is 0 Å². The number of hydrogen-bond acceptors (Lipinski definition) is 0. The van der Waals surface area contributed by atoms with Crippen LogP contribution >= 0.6 is 0 Å². The third-order valence-electron chi connectivity index (χ3n) is 3.61. The average Bonchev–Trinajstić information content (AvgIpc) is 2.04. The van der Waals surface area contributed by atoms with Crippen LogP contribution in [0.2, 0.25) is 0 Å². The Kier molecular flexibility index (Phi) is 4.28. The van der Waals surface area contributed by atoms with Crippen molar-refractivity contribution in [3.05, 3.63) is 6.42 Å². The van der Waals surface area contributed by atoms with Gasteiger partial charge in [0.25, 0.3) is 0 Å². The first-order chi connectivity index (χ1) is 6.15. The molecule has 1 aliphatic rings. The molecule has 1 fully saturated rings. The van der Waals surface area contributed by atoms with Crippen molar-refractivity contribution in [1.29, 1.82) is 0 Å². The van der Waals surface area contributed by atoms with E-state index in [1.54, 1.807) is 0 Å². The SMILES string of the molecule is CC[CH]C1CC(C)CCC1C(C)C. The maximum absolute atomic E-state index is 2.56. The normalized spacial score (nSPS) is 35.3. The molecule has 0 aromatic rings. The smallest absolute Gasteiger partial charge is 0.0350 e. The van der Waals surface area contributed by atoms with E-state index in [0.717, 1.165) is 23.7 Å². The summed E-state index contributed by atoms with van der Waals surface area (Å²) >= 11 is 0. The molecule has 0 bridgehead atoms. The van der Waals surface area contributed by atoms with E-state index in [1.165, 1.54) is 25.7 Å². The van der Waals surface area contributed by atoms with Gasteiger partial charge in [0.15, 0.2) is 0 Å². The first-order valence-electron chi connectivity index (χ1n) is 5.98. The largest absolute Gasteiger partial charge is 0.0651 e. The molecule has 0 nitrogen and oxygen atoms in total. The van der Waals surface area contributed by atoms with Crippen LogP contribution < -0.4 is 0 Å². The summed E-state index contributed by atoms with van der Waals surface area (Å²) in [5.41, 5.74) is 0.